The molecule has 3 aromatic heterocycles. The van der Waals surface area contributed by atoms with Crippen molar-refractivity contribution in [2.24, 2.45) is 0 Å². The summed E-state index contributed by atoms with van der Waals surface area (Å²) >= 11 is 5.16. The van der Waals surface area contributed by atoms with Crippen molar-refractivity contribution in [3.63, 3.8) is 0 Å². The van der Waals surface area contributed by atoms with Crippen molar-refractivity contribution in [2.75, 3.05) is 16.7 Å². The maximum Gasteiger partial charge on any atom is 0.282 e. The van der Waals surface area contributed by atoms with Gasteiger partial charge in [0, 0.05) is 17.3 Å². The molecule has 0 radical (unpaired) electrons. The van der Waals surface area contributed by atoms with Gasteiger partial charge in [-0.2, -0.15) is 0 Å². The van der Waals surface area contributed by atoms with Crippen LogP contribution in [0.2, 0.25) is 0 Å². The van der Waals surface area contributed by atoms with Gasteiger partial charge in [-0.05, 0) is 41.9 Å². The molecule has 4 aromatic carbocycles. The molecule has 0 atom stereocenters. The number of nitro benzene ring substituents is 1. The van der Waals surface area contributed by atoms with Gasteiger partial charge in [-0.3, -0.25) is 19.6 Å². The average molecular weight is 986 g/mol. The number of halogens is 1. The molecule has 3 heterocycles. The van der Waals surface area contributed by atoms with E-state index in [-0.39, 0.29) is 19.0 Å². The summed E-state index contributed by atoms with van der Waals surface area (Å²) in [5.74, 6) is 1.21. The Balaban J connectivity index is -0.000000172. The first-order valence-electron chi connectivity index (χ1n) is 22.6. The van der Waals surface area contributed by atoms with E-state index < -0.39 is 20.2 Å². The fourth-order valence-corrected chi connectivity index (χ4v) is 4.81. The number of nitrogen functional groups attached to an aromatic ring is 1. The fraction of sp³-hybridized carbons (Fsp3) is 0.346. The van der Waals surface area contributed by atoms with E-state index in [1.165, 1.54) is 37.2 Å². The molecule has 0 unspecified atom stereocenters. The molecule has 16 heteroatoms. The third kappa shape index (κ3) is 31.4. The molecule has 3 N–H and O–H groups in total. The maximum absolute atomic E-state index is 11.2. The van der Waals surface area contributed by atoms with Crippen LogP contribution in [0.5, 0.6) is 0 Å². The summed E-state index contributed by atoms with van der Waals surface area (Å²) in [6.45, 7) is 32.0. The van der Waals surface area contributed by atoms with Crippen molar-refractivity contribution in [3.8, 4) is 34.4 Å². The number of sulfonamides is 1. The van der Waals surface area contributed by atoms with Crippen molar-refractivity contribution in [3.05, 3.63) is 156 Å². The Morgan fingerprint density at radius 1 is 0.559 bits per heavy atom. The first-order chi connectivity index (χ1) is 32.5. The summed E-state index contributed by atoms with van der Waals surface area (Å²) in [5, 5.41) is 10.2. The zero-order valence-corrected chi connectivity index (χ0v) is 44.3. The summed E-state index contributed by atoms with van der Waals surface area (Å²) < 4.78 is 40.0. The third-order valence-electron chi connectivity index (χ3n) is 6.27. The van der Waals surface area contributed by atoms with Gasteiger partial charge in [0.1, 0.15) is 24.4 Å². The number of carbonyl (C=O) groups is 1. The molecule has 0 fully saturated rings. The zero-order chi connectivity index (χ0) is 52.6. The number of hydrogen-bond acceptors (Lipinski definition) is 12. The Bertz CT molecular complexity index is 2240. The number of para-hydroxylation sites is 3. The van der Waals surface area contributed by atoms with Gasteiger partial charge in [-0.15, -0.1) is 0 Å². The zero-order valence-electron chi connectivity index (χ0n) is 42.7. The van der Waals surface area contributed by atoms with Gasteiger partial charge in [0.2, 0.25) is 27.7 Å². The molecule has 0 saturated heterocycles. The fourth-order valence-electron chi connectivity index (χ4n) is 4.10. The van der Waals surface area contributed by atoms with Gasteiger partial charge in [-0.25, -0.2) is 23.4 Å². The molecule has 0 spiro atoms. The average Bonchev–Trinajstić information content (AvgIpc) is 4.24. The van der Waals surface area contributed by atoms with Gasteiger partial charge < -0.3 is 19.0 Å². The van der Waals surface area contributed by atoms with Gasteiger partial charge >= 0.3 is 0 Å². The molecule has 0 amide bonds. The Labute approximate surface area is 414 Å². The minimum absolute atomic E-state index is 0. The second-order valence-electron chi connectivity index (χ2n) is 9.93. The van der Waals surface area contributed by atoms with Gasteiger partial charge in [0.05, 0.1) is 46.6 Å². The van der Waals surface area contributed by atoms with E-state index in [4.69, 9.17) is 30.6 Å². The minimum Gasteiger partial charge on any atom is -0.444 e. The van der Waals surface area contributed by atoms with Crippen LogP contribution in [0.1, 0.15) is 129 Å². The van der Waals surface area contributed by atoms with E-state index in [1.807, 2.05) is 141 Å². The lowest BCUT2D eigenvalue weighted by Crippen LogP contribution is -2.10. The molecular weight excluding hydrogens is 904 g/mol. The van der Waals surface area contributed by atoms with E-state index in [2.05, 4.69) is 19.7 Å². The number of anilines is 2. The largest absolute Gasteiger partial charge is 0.444 e. The van der Waals surface area contributed by atoms with Crippen LogP contribution in [-0.2, 0) is 10.0 Å². The number of nitro groups is 1. The molecule has 0 aliphatic carbocycles. The molecule has 0 saturated carbocycles. The topological polar surface area (TPSA) is 210 Å². The van der Waals surface area contributed by atoms with Gasteiger partial charge in [0.25, 0.3) is 10.9 Å². The molecule has 7 aromatic rings. The monoisotopic (exact) mass is 985 g/mol. The second-order valence-corrected chi connectivity index (χ2v) is 12.0. The van der Waals surface area contributed by atoms with Crippen LogP contribution in [0.4, 0.5) is 17.1 Å². The van der Waals surface area contributed by atoms with Crippen LogP contribution in [0.3, 0.4) is 0 Å². The number of nitrogens with two attached hydrogens (primary N) is 1. The number of oxazole rings is 3. The smallest absolute Gasteiger partial charge is 0.282 e. The molecular formula is C52H81ClN6O8S. The van der Waals surface area contributed by atoms with E-state index in [9.17, 15) is 23.3 Å². The highest BCUT2D eigenvalue weighted by Crippen LogP contribution is 2.28. The molecule has 14 nitrogen and oxygen atoms in total. The standard InChI is InChI=1S/C10H10N2O3S.C9H6N2O3.C9H8N2O.C7H5ClO.8C2H6.CH4/c1-16(13,14)12-9-5-3-2-4-8(9)10-11-6-7-15-10;12-11(13)8-4-2-1-3-7(8)9-10-5-6-14-9;10-8-4-2-1-3-7(8)9-11-5-6-12-9;8-7(9)6-4-2-1-3-5-6;8*1-2;/h2-7,12H,1H3;1-6H;1-6H,10H2;1-5H;8*1-2H3;1H4. The predicted molar refractivity (Wildman–Crippen MR) is 289 cm³/mol. The Kier molecular flexibility index (Phi) is 53.5. The lowest BCUT2D eigenvalue weighted by Gasteiger charge is -2.07. The van der Waals surface area contributed by atoms with Crippen LogP contribution in [0.25, 0.3) is 34.4 Å². The SMILES string of the molecule is C.CC.CC.CC.CC.CC.CC.CC.CC.CS(=O)(=O)Nc1ccccc1-c1ncco1.Nc1ccccc1-c1ncco1.O=C(Cl)c1ccccc1.O=[N+]([O-])c1ccccc1-c1ncco1. The van der Waals surface area contributed by atoms with Crippen LogP contribution in [0, 0.1) is 10.1 Å². The summed E-state index contributed by atoms with van der Waals surface area (Å²) in [6, 6.07) is 29.4. The normalized spacial score (nSPS) is 8.38. The van der Waals surface area contributed by atoms with Crippen molar-refractivity contribution in [2.45, 2.75) is 118 Å². The lowest BCUT2D eigenvalue weighted by molar-refractivity contribution is -0.384. The number of nitrogens with zero attached hydrogens (tertiary/aromatic N) is 4. The molecule has 7 rings (SSSR count). The van der Waals surface area contributed by atoms with Crippen LogP contribution >= 0.6 is 11.6 Å². The molecule has 0 bridgehead atoms. The van der Waals surface area contributed by atoms with Crippen LogP contribution in [0.15, 0.2) is 154 Å². The van der Waals surface area contributed by atoms with Crippen LogP contribution in [-0.4, -0.2) is 39.8 Å². The lowest BCUT2D eigenvalue weighted by atomic mass is 10.2. The van der Waals surface area contributed by atoms with Crippen molar-refractivity contribution in [1.29, 1.82) is 0 Å². The van der Waals surface area contributed by atoms with Crippen molar-refractivity contribution in [1.82, 2.24) is 15.0 Å². The summed E-state index contributed by atoms with van der Waals surface area (Å²) in [5.41, 5.74) is 9.22. The molecule has 68 heavy (non-hydrogen) atoms. The minimum atomic E-state index is -3.31. The van der Waals surface area contributed by atoms with Crippen LogP contribution < -0.4 is 10.5 Å². The Morgan fingerprint density at radius 3 is 1.25 bits per heavy atom. The molecule has 0 aliphatic rings. The van der Waals surface area contributed by atoms with E-state index in [0.29, 0.717) is 39.8 Å². The molecule has 0 aliphatic heterocycles. The highest BCUT2D eigenvalue weighted by molar-refractivity contribution is 7.92. The molecule has 380 valence electrons. The number of benzene rings is 4. The predicted octanol–water partition coefficient (Wildman–Crippen LogP) is 16.8. The van der Waals surface area contributed by atoms with E-state index in [1.54, 1.807) is 72.9 Å². The van der Waals surface area contributed by atoms with Gasteiger partial charge in [0.15, 0.2) is 0 Å². The maximum atomic E-state index is 11.2. The van der Waals surface area contributed by atoms with Crippen molar-refractivity contribution < 1.29 is 31.4 Å². The first kappa shape index (κ1) is 73.0. The van der Waals surface area contributed by atoms with E-state index >= 15 is 0 Å². The Morgan fingerprint density at radius 2 is 0.897 bits per heavy atom. The van der Waals surface area contributed by atoms with Crippen molar-refractivity contribution >= 4 is 43.9 Å². The van der Waals surface area contributed by atoms with E-state index in [0.717, 1.165) is 11.8 Å². The third-order valence-corrected chi connectivity index (χ3v) is 7.08. The number of rotatable bonds is 7. The highest BCUT2D eigenvalue weighted by Gasteiger charge is 2.17. The first-order valence-corrected chi connectivity index (χ1v) is 24.9. The number of carbonyl (C=O) groups excluding carboxylic acids is 1. The highest BCUT2D eigenvalue weighted by atomic mass is 35.5. The van der Waals surface area contributed by atoms with Gasteiger partial charge in [-0.1, -0.05) is 185 Å². The summed E-state index contributed by atoms with van der Waals surface area (Å²) in [6.07, 6.45) is 10.0. The summed E-state index contributed by atoms with van der Waals surface area (Å²) in [4.78, 5) is 32.4. The number of nitrogens with one attached hydrogen (secondary N) is 1. The second kappa shape index (κ2) is 49.8. The quantitative estimate of drug-likeness (QED) is 0.0661. The number of hydrogen-bond donors (Lipinski definition) is 2. The summed E-state index contributed by atoms with van der Waals surface area (Å²) in [7, 11) is -3.31. The Hall–Kier alpha value is -6.58. The number of aromatic nitrogens is 3.